The Kier molecular flexibility index (Phi) is 5.54. The Morgan fingerprint density at radius 3 is 2.80 bits per heavy atom. The van der Waals surface area contributed by atoms with Crippen molar-refractivity contribution in [3.63, 3.8) is 0 Å². The van der Waals surface area contributed by atoms with Crippen molar-refractivity contribution < 1.29 is 21.7 Å². The van der Waals surface area contributed by atoms with Crippen LogP contribution in [0.25, 0.3) is 22.2 Å². The quantitative estimate of drug-likeness (QED) is 0.450. The summed E-state index contributed by atoms with van der Waals surface area (Å²) < 4.78 is 52.4. The van der Waals surface area contributed by atoms with Crippen LogP contribution in [0.15, 0.2) is 62.6 Å². The lowest BCUT2D eigenvalue weighted by molar-refractivity contribution is 0.433. The van der Waals surface area contributed by atoms with Gasteiger partial charge in [-0.3, -0.25) is 0 Å². The van der Waals surface area contributed by atoms with Gasteiger partial charge in [0.15, 0.2) is 0 Å². The Hall–Kier alpha value is -2.82. The van der Waals surface area contributed by atoms with Crippen LogP contribution in [-0.4, -0.2) is 24.6 Å². The van der Waals surface area contributed by atoms with Gasteiger partial charge in [0, 0.05) is 22.9 Å². The van der Waals surface area contributed by atoms with Gasteiger partial charge in [-0.05, 0) is 44.2 Å². The lowest BCUT2D eigenvalue weighted by atomic mass is 10.2. The van der Waals surface area contributed by atoms with Crippen LogP contribution in [0.1, 0.15) is 17.6 Å². The molecule has 0 amide bonds. The summed E-state index contributed by atoms with van der Waals surface area (Å²) >= 11 is 1.23. The molecule has 3 heterocycles. The first-order valence-electron chi connectivity index (χ1n) is 9.07. The van der Waals surface area contributed by atoms with Crippen LogP contribution in [0.2, 0.25) is 0 Å². The largest absolute Gasteiger partial charge is 0.469 e. The van der Waals surface area contributed by atoms with Gasteiger partial charge in [-0.1, -0.05) is 17.3 Å². The fourth-order valence-corrected chi connectivity index (χ4v) is 5.76. The van der Waals surface area contributed by atoms with Crippen molar-refractivity contribution in [1.82, 2.24) is 14.9 Å². The van der Waals surface area contributed by atoms with Crippen LogP contribution >= 0.6 is 11.3 Å². The van der Waals surface area contributed by atoms with E-state index in [2.05, 4.69) is 14.9 Å². The lowest BCUT2D eigenvalue weighted by Gasteiger charge is -2.12. The second-order valence-electron chi connectivity index (χ2n) is 6.77. The Balaban J connectivity index is 1.56. The van der Waals surface area contributed by atoms with Gasteiger partial charge < -0.3 is 8.94 Å². The minimum absolute atomic E-state index is 0.152. The van der Waals surface area contributed by atoms with E-state index in [1.165, 1.54) is 29.5 Å². The number of aryl methyl sites for hydroxylation is 1. The number of aromatic nitrogens is 2. The highest BCUT2D eigenvalue weighted by atomic mass is 32.2. The number of nitrogens with one attached hydrogen (secondary N) is 1. The van der Waals surface area contributed by atoms with Crippen LogP contribution in [0.5, 0.6) is 0 Å². The van der Waals surface area contributed by atoms with Crippen LogP contribution in [0.4, 0.5) is 4.39 Å². The molecule has 0 aliphatic heterocycles. The van der Waals surface area contributed by atoms with E-state index in [1.807, 2.05) is 0 Å². The van der Waals surface area contributed by atoms with Crippen molar-refractivity contribution in [2.75, 3.05) is 0 Å². The van der Waals surface area contributed by atoms with Gasteiger partial charge in [-0.2, -0.15) is 4.98 Å². The highest BCUT2D eigenvalue weighted by Gasteiger charge is 2.24. The van der Waals surface area contributed by atoms with Gasteiger partial charge >= 0.3 is 0 Å². The number of hydrogen-bond donors (Lipinski definition) is 1. The third kappa shape index (κ3) is 4.35. The molecule has 4 aromatic rings. The SMILES string of the molecule is Cc1sc(-c2nc(-c3cccc(F)c3)no2)cc1S(=O)(=O)N[C@H](C)Cc1ccco1. The molecule has 30 heavy (non-hydrogen) atoms. The second kappa shape index (κ2) is 8.13. The monoisotopic (exact) mass is 447 g/mol. The average Bonchev–Trinajstić information content (AvgIpc) is 3.41. The molecule has 0 aliphatic rings. The van der Waals surface area contributed by atoms with Crippen molar-refractivity contribution in [1.29, 1.82) is 0 Å². The fourth-order valence-electron chi connectivity index (χ4n) is 3.01. The normalized spacial score (nSPS) is 12.9. The molecule has 7 nitrogen and oxygen atoms in total. The second-order valence-corrected chi connectivity index (χ2v) is 9.71. The van der Waals surface area contributed by atoms with E-state index in [4.69, 9.17) is 8.94 Å². The number of nitrogens with zero attached hydrogens (tertiary/aromatic N) is 2. The van der Waals surface area contributed by atoms with Gasteiger partial charge in [-0.25, -0.2) is 17.5 Å². The maximum Gasteiger partial charge on any atom is 0.268 e. The molecule has 4 rings (SSSR count). The van der Waals surface area contributed by atoms with Crippen molar-refractivity contribution in [2.45, 2.75) is 31.2 Å². The van der Waals surface area contributed by atoms with Gasteiger partial charge in [0.05, 0.1) is 16.0 Å². The molecule has 0 saturated heterocycles. The minimum Gasteiger partial charge on any atom is -0.469 e. The first-order valence-corrected chi connectivity index (χ1v) is 11.4. The van der Waals surface area contributed by atoms with E-state index >= 15 is 0 Å². The van der Waals surface area contributed by atoms with Crippen molar-refractivity contribution >= 4 is 21.4 Å². The number of thiophene rings is 1. The topological polar surface area (TPSA) is 98.2 Å². The van der Waals surface area contributed by atoms with Crippen LogP contribution < -0.4 is 4.72 Å². The molecule has 1 aromatic carbocycles. The first kappa shape index (κ1) is 20.5. The van der Waals surface area contributed by atoms with E-state index in [1.54, 1.807) is 44.4 Å². The van der Waals surface area contributed by atoms with Crippen LogP contribution in [-0.2, 0) is 16.4 Å². The summed E-state index contributed by atoms with van der Waals surface area (Å²) in [7, 11) is -3.75. The summed E-state index contributed by atoms with van der Waals surface area (Å²) in [5.41, 5.74) is 0.472. The third-order valence-electron chi connectivity index (χ3n) is 4.33. The highest BCUT2D eigenvalue weighted by Crippen LogP contribution is 2.33. The zero-order valence-electron chi connectivity index (χ0n) is 16.1. The zero-order valence-corrected chi connectivity index (χ0v) is 17.8. The van der Waals surface area contributed by atoms with Crippen LogP contribution in [0.3, 0.4) is 0 Å². The van der Waals surface area contributed by atoms with E-state index in [-0.39, 0.29) is 22.7 Å². The number of rotatable bonds is 7. The Labute approximate surface area is 176 Å². The Bertz CT molecular complexity index is 1260. The predicted molar refractivity (Wildman–Crippen MR) is 110 cm³/mol. The third-order valence-corrected chi connectivity index (χ3v) is 7.21. The lowest BCUT2D eigenvalue weighted by Crippen LogP contribution is -2.34. The van der Waals surface area contributed by atoms with Crippen molar-refractivity contribution in [3.8, 4) is 22.2 Å². The van der Waals surface area contributed by atoms with Gasteiger partial charge in [0.2, 0.25) is 15.8 Å². The number of halogens is 1. The van der Waals surface area contributed by atoms with E-state index in [0.29, 0.717) is 27.5 Å². The number of sulfonamides is 1. The molecule has 156 valence electrons. The Morgan fingerprint density at radius 2 is 2.07 bits per heavy atom. The summed E-state index contributed by atoms with van der Waals surface area (Å²) in [5, 5.41) is 3.87. The fraction of sp³-hybridized carbons (Fsp3) is 0.200. The Morgan fingerprint density at radius 1 is 1.23 bits per heavy atom. The minimum atomic E-state index is -3.75. The predicted octanol–water partition coefficient (Wildman–Crippen LogP) is 4.42. The maximum atomic E-state index is 13.4. The number of hydrogen-bond acceptors (Lipinski definition) is 7. The van der Waals surface area contributed by atoms with Gasteiger partial charge in [0.25, 0.3) is 5.89 Å². The summed E-state index contributed by atoms with van der Waals surface area (Å²) in [5.74, 6) is 0.690. The summed E-state index contributed by atoms with van der Waals surface area (Å²) in [6, 6.07) is 10.5. The molecule has 0 fully saturated rings. The van der Waals surface area contributed by atoms with E-state index in [0.717, 1.165) is 0 Å². The summed E-state index contributed by atoms with van der Waals surface area (Å²) in [4.78, 5) is 5.54. The van der Waals surface area contributed by atoms with Crippen molar-refractivity contribution in [2.24, 2.45) is 0 Å². The van der Waals surface area contributed by atoms with E-state index < -0.39 is 15.8 Å². The van der Waals surface area contributed by atoms with E-state index in [9.17, 15) is 12.8 Å². The highest BCUT2D eigenvalue weighted by molar-refractivity contribution is 7.89. The molecule has 0 bridgehead atoms. The number of furan rings is 1. The molecule has 0 radical (unpaired) electrons. The molecule has 1 atom stereocenters. The standard InChI is InChI=1S/C20H18FN3O4S2/c1-12(9-16-7-4-8-27-16)24-30(25,26)18-11-17(29-13(18)2)20-22-19(23-28-20)14-5-3-6-15(21)10-14/h3-8,10-12,24H,9H2,1-2H3/t12-/m1/s1. The maximum absolute atomic E-state index is 13.4. The molecule has 3 aromatic heterocycles. The summed E-state index contributed by atoms with van der Waals surface area (Å²) in [6.45, 7) is 3.48. The van der Waals surface area contributed by atoms with Gasteiger partial charge in [0.1, 0.15) is 11.6 Å². The molecular weight excluding hydrogens is 429 g/mol. The molecule has 1 N–H and O–H groups in total. The molecule has 0 saturated carbocycles. The average molecular weight is 448 g/mol. The number of benzene rings is 1. The molecule has 10 heteroatoms. The molecule has 0 aliphatic carbocycles. The van der Waals surface area contributed by atoms with Crippen LogP contribution in [0, 0.1) is 12.7 Å². The van der Waals surface area contributed by atoms with Gasteiger partial charge in [-0.15, -0.1) is 11.3 Å². The molecular formula is C20H18FN3O4S2. The molecule has 0 spiro atoms. The summed E-state index contributed by atoms with van der Waals surface area (Å²) in [6.07, 6.45) is 1.98. The smallest absolute Gasteiger partial charge is 0.268 e. The van der Waals surface area contributed by atoms with Crippen molar-refractivity contribution in [3.05, 3.63) is 65.2 Å². The first-order chi connectivity index (χ1) is 14.3. The molecule has 0 unspecified atom stereocenters. The zero-order chi connectivity index (χ0) is 21.3.